The standard InChI is InChI=1S/C20H26N2O4.2ClH/c1-13-9-20(13,21-2)12-26-15-8-14(10-22-11-15)16-6-7-17(23-3)19(25-5)18(16)24-4;;/h6-8,10-11,13,21H,9,12H2,1-5H3;2*1H/t13-,20-;;/m0../s1. The minimum absolute atomic E-state index is 0. The number of hydrogen-bond donors (Lipinski definition) is 1. The fourth-order valence-corrected chi connectivity index (χ4v) is 3.30. The van der Waals surface area contributed by atoms with Crippen LogP contribution in [0.15, 0.2) is 30.6 Å². The largest absolute Gasteiger partial charge is 0.493 e. The number of ether oxygens (including phenoxy) is 4. The van der Waals surface area contributed by atoms with E-state index in [1.165, 1.54) is 0 Å². The third kappa shape index (κ3) is 4.57. The Kier molecular flexibility index (Phi) is 8.67. The first-order valence-corrected chi connectivity index (χ1v) is 8.64. The average Bonchev–Trinajstić information content (AvgIpc) is 3.35. The summed E-state index contributed by atoms with van der Waals surface area (Å²) in [6.45, 7) is 2.85. The molecule has 1 saturated carbocycles. The van der Waals surface area contributed by atoms with Crippen LogP contribution in [0.25, 0.3) is 11.1 Å². The summed E-state index contributed by atoms with van der Waals surface area (Å²) in [5, 5.41) is 3.37. The summed E-state index contributed by atoms with van der Waals surface area (Å²) in [6.07, 6.45) is 4.64. The lowest BCUT2D eigenvalue weighted by molar-refractivity contribution is 0.249. The van der Waals surface area contributed by atoms with Gasteiger partial charge in [-0.2, -0.15) is 0 Å². The summed E-state index contributed by atoms with van der Waals surface area (Å²) in [5.41, 5.74) is 1.84. The molecule has 0 spiro atoms. The molecule has 1 aromatic carbocycles. The summed E-state index contributed by atoms with van der Waals surface area (Å²) in [6, 6.07) is 5.75. The van der Waals surface area contributed by atoms with Gasteiger partial charge in [0, 0.05) is 17.3 Å². The first-order valence-electron chi connectivity index (χ1n) is 8.64. The minimum Gasteiger partial charge on any atom is -0.493 e. The van der Waals surface area contributed by atoms with Crippen molar-refractivity contribution in [1.82, 2.24) is 10.3 Å². The first kappa shape index (κ1) is 24.1. The quantitative estimate of drug-likeness (QED) is 0.682. The molecule has 0 radical (unpaired) electrons. The molecule has 8 heteroatoms. The van der Waals surface area contributed by atoms with Crippen molar-refractivity contribution in [1.29, 1.82) is 0 Å². The lowest BCUT2D eigenvalue weighted by atomic mass is 10.1. The summed E-state index contributed by atoms with van der Waals surface area (Å²) in [4.78, 5) is 4.33. The van der Waals surface area contributed by atoms with Crippen molar-refractivity contribution in [2.45, 2.75) is 18.9 Å². The second-order valence-corrected chi connectivity index (χ2v) is 6.59. The van der Waals surface area contributed by atoms with Gasteiger partial charge in [0.25, 0.3) is 0 Å². The van der Waals surface area contributed by atoms with Crippen LogP contribution in [0.1, 0.15) is 13.3 Å². The van der Waals surface area contributed by atoms with E-state index in [9.17, 15) is 0 Å². The molecule has 1 fully saturated rings. The molecule has 0 aliphatic heterocycles. The molecule has 1 aromatic heterocycles. The monoisotopic (exact) mass is 430 g/mol. The summed E-state index contributed by atoms with van der Waals surface area (Å²) >= 11 is 0. The van der Waals surface area contributed by atoms with Gasteiger partial charge in [-0.25, -0.2) is 0 Å². The lowest BCUT2D eigenvalue weighted by Gasteiger charge is -2.18. The Hall–Kier alpha value is -1.89. The highest BCUT2D eigenvalue weighted by atomic mass is 35.5. The average molecular weight is 431 g/mol. The third-order valence-corrected chi connectivity index (χ3v) is 5.18. The Morgan fingerprint density at radius 1 is 1.07 bits per heavy atom. The molecule has 3 rings (SSSR count). The van der Waals surface area contributed by atoms with Crippen LogP contribution in [0.3, 0.4) is 0 Å². The molecule has 2 atom stereocenters. The molecule has 0 unspecified atom stereocenters. The number of aromatic nitrogens is 1. The van der Waals surface area contributed by atoms with Crippen LogP contribution in [0.5, 0.6) is 23.0 Å². The Labute approximate surface area is 178 Å². The zero-order valence-corrected chi connectivity index (χ0v) is 18.4. The van der Waals surface area contributed by atoms with Crippen LogP contribution in [0.2, 0.25) is 0 Å². The van der Waals surface area contributed by atoms with Crippen LogP contribution in [0.4, 0.5) is 0 Å². The number of methoxy groups -OCH3 is 3. The lowest BCUT2D eigenvalue weighted by Crippen LogP contribution is -2.36. The number of rotatable bonds is 8. The van der Waals surface area contributed by atoms with E-state index in [0.29, 0.717) is 29.8 Å². The molecular formula is C20H28Cl2N2O4. The highest BCUT2D eigenvalue weighted by Gasteiger charge is 2.50. The molecule has 2 aromatic rings. The Morgan fingerprint density at radius 2 is 1.75 bits per heavy atom. The van der Waals surface area contributed by atoms with E-state index in [-0.39, 0.29) is 30.4 Å². The smallest absolute Gasteiger partial charge is 0.203 e. The minimum atomic E-state index is 0. The van der Waals surface area contributed by atoms with Crippen molar-refractivity contribution in [3.8, 4) is 34.1 Å². The SMILES string of the molecule is CN[C@]1(COc2cncc(-c3ccc(OC)c(OC)c3OC)c2)C[C@@H]1C.Cl.Cl. The van der Waals surface area contributed by atoms with E-state index in [1.54, 1.807) is 33.7 Å². The van der Waals surface area contributed by atoms with E-state index in [2.05, 4.69) is 17.2 Å². The van der Waals surface area contributed by atoms with Gasteiger partial charge >= 0.3 is 0 Å². The number of halogens is 2. The zero-order valence-electron chi connectivity index (χ0n) is 16.8. The van der Waals surface area contributed by atoms with Crippen molar-refractivity contribution in [3.63, 3.8) is 0 Å². The summed E-state index contributed by atoms with van der Waals surface area (Å²) in [5.74, 6) is 3.13. The van der Waals surface area contributed by atoms with Crippen LogP contribution < -0.4 is 24.3 Å². The topological polar surface area (TPSA) is 61.8 Å². The maximum absolute atomic E-state index is 6.01. The number of pyridine rings is 1. The molecule has 1 aliphatic carbocycles. The third-order valence-electron chi connectivity index (χ3n) is 5.18. The predicted molar refractivity (Wildman–Crippen MR) is 115 cm³/mol. The second kappa shape index (κ2) is 10.0. The van der Waals surface area contributed by atoms with Gasteiger partial charge < -0.3 is 24.3 Å². The fourth-order valence-electron chi connectivity index (χ4n) is 3.30. The van der Waals surface area contributed by atoms with E-state index in [1.807, 2.05) is 25.2 Å². The van der Waals surface area contributed by atoms with Crippen LogP contribution in [-0.2, 0) is 0 Å². The summed E-state index contributed by atoms with van der Waals surface area (Å²) in [7, 11) is 6.79. The molecule has 0 bridgehead atoms. The maximum atomic E-state index is 6.01. The van der Waals surface area contributed by atoms with Gasteiger partial charge in [0.05, 0.1) is 33.1 Å². The van der Waals surface area contributed by atoms with Gasteiger partial charge in [-0.05, 0) is 37.6 Å². The van der Waals surface area contributed by atoms with Crippen molar-refractivity contribution < 1.29 is 18.9 Å². The van der Waals surface area contributed by atoms with Crippen LogP contribution >= 0.6 is 24.8 Å². The maximum Gasteiger partial charge on any atom is 0.203 e. The molecule has 28 heavy (non-hydrogen) atoms. The second-order valence-electron chi connectivity index (χ2n) is 6.59. The highest BCUT2D eigenvalue weighted by molar-refractivity contribution is 5.85. The normalized spacial score (nSPS) is 19.7. The van der Waals surface area contributed by atoms with Gasteiger partial charge in [0.1, 0.15) is 12.4 Å². The predicted octanol–water partition coefficient (Wildman–Crippen LogP) is 3.99. The van der Waals surface area contributed by atoms with Gasteiger partial charge in [-0.3, -0.25) is 4.98 Å². The van der Waals surface area contributed by atoms with Gasteiger partial charge in [0.15, 0.2) is 11.5 Å². The number of nitrogens with zero attached hydrogens (tertiary/aromatic N) is 1. The van der Waals surface area contributed by atoms with Gasteiger partial charge in [-0.15, -0.1) is 24.8 Å². The Morgan fingerprint density at radius 3 is 2.29 bits per heavy atom. The Balaban J connectivity index is 0.00000196. The van der Waals surface area contributed by atoms with Crippen LogP contribution in [0, 0.1) is 5.92 Å². The first-order chi connectivity index (χ1) is 12.6. The number of benzene rings is 1. The van der Waals surface area contributed by atoms with Gasteiger partial charge in [-0.1, -0.05) is 6.92 Å². The van der Waals surface area contributed by atoms with E-state index in [4.69, 9.17) is 18.9 Å². The molecule has 1 aliphatic rings. The van der Waals surface area contributed by atoms with E-state index >= 15 is 0 Å². The molecule has 156 valence electrons. The molecule has 0 amide bonds. The van der Waals surface area contributed by atoms with Gasteiger partial charge in [0.2, 0.25) is 5.75 Å². The molecular weight excluding hydrogens is 403 g/mol. The summed E-state index contributed by atoms with van der Waals surface area (Å²) < 4.78 is 22.4. The van der Waals surface area contributed by atoms with Crippen LogP contribution in [-0.4, -0.2) is 45.5 Å². The number of likely N-dealkylation sites (N-methyl/N-ethyl adjacent to an activating group) is 1. The van der Waals surface area contributed by atoms with Crippen molar-refractivity contribution in [2.24, 2.45) is 5.92 Å². The number of nitrogens with one attached hydrogen (secondary N) is 1. The fraction of sp³-hybridized carbons (Fsp3) is 0.450. The van der Waals surface area contributed by atoms with Crippen molar-refractivity contribution in [2.75, 3.05) is 35.0 Å². The molecule has 1 heterocycles. The number of hydrogen-bond acceptors (Lipinski definition) is 6. The molecule has 1 N–H and O–H groups in total. The van der Waals surface area contributed by atoms with Crippen molar-refractivity contribution >= 4 is 24.8 Å². The van der Waals surface area contributed by atoms with E-state index < -0.39 is 0 Å². The highest BCUT2D eigenvalue weighted by Crippen LogP contribution is 2.45. The Bertz CT molecular complexity index is 787. The zero-order chi connectivity index (χ0) is 18.7. The molecule has 6 nitrogen and oxygen atoms in total. The van der Waals surface area contributed by atoms with Crippen molar-refractivity contribution in [3.05, 3.63) is 30.6 Å². The molecule has 0 saturated heterocycles. The van der Waals surface area contributed by atoms with E-state index in [0.717, 1.165) is 23.3 Å².